The molecule has 208 valence electrons. The average molecular weight is 570 g/mol. The molecule has 3 amide bonds. The maximum absolute atomic E-state index is 13.1. The largest absolute Gasteiger partial charge is 0.487 e. The van der Waals surface area contributed by atoms with Crippen LogP contribution < -0.4 is 26.2 Å². The Balaban J connectivity index is 1.80. The number of hydrogen-bond donors (Lipinski definition) is 4. The van der Waals surface area contributed by atoms with Gasteiger partial charge in [0.25, 0.3) is 18.2 Å². The Kier molecular flexibility index (Phi) is 10.6. The van der Waals surface area contributed by atoms with Gasteiger partial charge in [-0.3, -0.25) is 14.4 Å². The minimum absolute atomic E-state index is 0.0473. The Bertz CT molecular complexity index is 1370. The number of amides is 3. The van der Waals surface area contributed by atoms with Gasteiger partial charge in [0.1, 0.15) is 26.3 Å². The molecule has 12 heteroatoms. The molecule has 0 saturated heterocycles. The van der Waals surface area contributed by atoms with Gasteiger partial charge in [-0.15, -0.1) is 0 Å². The van der Waals surface area contributed by atoms with E-state index in [4.69, 9.17) is 24.2 Å². The summed E-state index contributed by atoms with van der Waals surface area (Å²) in [6, 6.07) is 14.9. The first kappa shape index (κ1) is 30.6. The molecule has 0 aromatic heterocycles. The number of aliphatic hydroxyl groups excluding tert-OH is 1. The van der Waals surface area contributed by atoms with Crippen LogP contribution in [-0.2, 0) is 11.3 Å². The second kappa shape index (κ2) is 13.9. The molecule has 0 bridgehead atoms. The van der Waals surface area contributed by atoms with Gasteiger partial charge in [-0.05, 0) is 53.9 Å². The van der Waals surface area contributed by atoms with Gasteiger partial charge >= 0.3 is 0 Å². The number of nitrogens with one attached hydrogen (secondary N) is 3. The zero-order valence-corrected chi connectivity index (χ0v) is 22.5. The smallest absolute Gasteiger partial charge is 0.272 e. The van der Waals surface area contributed by atoms with E-state index in [0.29, 0.717) is 16.7 Å². The van der Waals surface area contributed by atoms with E-state index in [1.54, 1.807) is 44.2 Å². The molecule has 2 radical (unpaired) electrons. The lowest BCUT2D eigenvalue weighted by molar-refractivity contribution is -0.131. The molecule has 1 unspecified atom stereocenters. The summed E-state index contributed by atoms with van der Waals surface area (Å²) in [6.07, 6.45) is -3.94. The molecule has 0 saturated carbocycles. The van der Waals surface area contributed by atoms with Crippen LogP contribution >= 0.6 is 11.6 Å². The molecule has 0 aliphatic carbocycles. The van der Waals surface area contributed by atoms with Crippen LogP contribution in [0.3, 0.4) is 0 Å². The Hall–Kier alpha value is -3.96. The monoisotopic (exact) mass is 569 g/mol. The molecule has 0 aliphatic heterocycles. The Labute approximate surface area is 236 Å². The van der Waals surface area contributed by atoms with E-state index < -0.39 is 36.9 Å². The summed E-state index contributed by atoms with van der Waals surface area (Å²) in [5, 5.41) is 17.9. The average Bonchev–Trinajstić information content (AvgIpc) is 2.92. The van der Waals surface area contributed by atoms with Crippen molar-refractivity contribution in [2.75, 3.05) is 17.2 Å². The zero-order valence-electron chi connectivity index (χ0n) is 21.7. The predicted molar refractivity (Wildman–Crippen MR) is 150 cm³/mol. The Morgan fingerprint density at radius 2 is 1.55 bits per heavy atom. The Morgan fingerprint density at radius 1 is 0.925 bits per heavy atom. The number of carbonyl (C=O) groups excluding carboxylic acids is 3. The zero-order chi connectivity index (χ0) is 29.4. The van der Waals surface area contributed by atoms with Crippen LogP contribution in [0.15, 0.2) is 60.7 Å². The van der Waals surface area contributed by atoms with Gasteiger partial charge < -0.3 is 25.8 Å². The van der Waals surface area contributed by atoms with Crippen molar-refractivity contribution < 1.29 is 33.0 Å². The van der Waals surface area contributed by atoms with E-state index in [9.17, 15) is 28.3 Å². The molecule has 40 heavy (non-hydrogen) atoms. The SMILES string of the molecule is [B]c1ccc(NC(=O)c2cc(NC(=O)c3cc(CNC(=O)C(O)C(C)C)ccc3Cl)ccc2OCC(F)F)cc1. The third kappa shape index (κ3) is 8.52. The molecular weight excluding hydrogens is 543 g/mol. The molecule has 0 heterocycles. The molecule has 3 rings (SSSR count). The van der Waals surface area contributed by atoms with E-state index in [1.165, 1.54) is 30.3 Å². The quantitative estimate of drug-likeness (QED) is 0.261. The van der Waals surface area contributed by atoms with Crippen molar-refractivity contribution in [1.82, 2.24) is 5.32 Å². The van der Waals surface area contributed by atoms with E-state index in [-0.39, 0.29) is 40.0 Å². The number of alkyl halides is 2. The number of halogens is 3. The van der Waals surface area contributed by atoms with Gasteiger partial charge in [-0.25, -0.2) is 8.78 Å². The molecule has 0 aliphatic rings. The molecule has 0 fully saturated rings. The van der Waals surface area contributed by atoms with Crippen molar-refractivity contribution in [3.8, 4) is 5.75 Å². The fraction of sp³-hybridized carbons (Fsp3) is 0.250. The molecule has 1 atom stereocenters. The van der Waals surface area contributed by atoms with Crippen LogP contribution in [0.2, 0.25) is 5.02 Å². The van der Waals surface area contributed by atoms with Crippen molar-refractivity contribution in [2.45, 2.75) is 32.9 Å². The first-order valence-electron chi connectivity index (χ1n) is 12.2. The molecule has 3 aromatic rings. The van der Waals surface area contributed by atoms with Crippen molar-refractivity contribution in [3.05, 3.63) is 82.4 Å². The summed E-state index contributed by atoms with van der Waals surface area (Å²) in [6.45, 7) is 2.53. The summed E-state index contributed by atoms with van der Waals surface area (Å²) in [4.78, 5) is 38.1. The summed E-state index contributed by atoms with van der Waals surface area (Å²) in [7, 11) is 5.67. The van der Waals surface area contributed by atoms with E-state index in [1.807, 2.05) is 0 Å². The predicted octanol–water partition coefficient (Wildman–Crippen LogP) is 3.92. The number of rotatable bonds is 11. The minimum atomic E-state index is -2.76. The van der Waals surface area contributed by atoms with Crippen molar-refractivity contribution in [2.24, 2.45) is 5.92 Å². The van der Waals surface area contributed by atoms with E-state index in [2.05, 4.69) is 16.0 Å². The van der Waals surface area contributed by atoms with Crippen LogP contribution in [0.4, 0.5) is 20.2 Å². The molecule has 0 spiro atoms. The van der Waals surface area contributed by atoms with Gasteiger partial charge in [0.05, 0.1) is 16.1 Å². The lowest BCUT2D eigenvalue weighted by atomic mass is 9.96. The fourth-order valence-electron chi connectivity index (χ4n) is 3.48. The fourth-order valence-corrected chi connectivity index (χ4v) is 3.68. The number of aliphatic hydroxyl groups is 1. The second-order valence-electron chi connectivity index (χ2n) is 9.16. The van der Waals surface area contributed by atoms with Crippen LogP contribution in [-0.4, -0.2) is 49.8 Å². The number of anilines is 2. The van der Waals surface area contributed by atoms with Gasteiger partial charge in [0.15, 0.2) is 0 Å². The van der Waals surface area contributed by atoms with Crippen LogP contribution in [0, 0.1) is 5.92 Å². The first-order chi connectivity index (χ1) is 18.9. The van der Waals surface area contributed by atoms with Crippen LogP contribution in [0.1, 0.15) is 40.1 Å². The summed E-state index contributed by atoms with van der Waals surface area (Å²) in [5.74, 6) is -2.20. The second-order valence-corrected chi connectivity index (χ2v) is 9.57. The summed E-state index contributed by atoms with van der Waals surface area (Å²) < 4.78 is 30.7. The minimum Gasteiger partial charge on any atom is -0.487 e. The van der Waals surface area contributed by atoms with Crippen molar-refractivity contribution in [3.63, 3.8) is 0 Å². The van der Waals surface area contributed by atoms with Gasteiger partial charge in [0.2, 0.25) is 5.91 Å². The Morgan fingerprint density at radius 3 is 2.20 bits per heavy atom. The molecular formula is C28H27BClF2N3O5. The third-order valence-corrected chi connectivity index (χ3v) is 5.99. The number of hydrogen-bond acceptors (Lipinski definition) is 5. The van der Waals surface area contributed by atoms with E-state index >= 15 is 0 Å². The highest BCUT2D eigenvalue weighted by Crippen LogP contribution is 2.26. The first-order valence-corrected chi connectivity index (χ1v) is 12.6. The highest BCUT2D eigenvalue weighted by Gasteiger charge is 2.20. The topological polar surface area (TPSA) is 117 Å². The van der Waals surface area contributed by atoms with Crippen LogP contribution in [0.25, 0.3) is 0 Å². The van der Waals surface area contributed by atoms with E-state index in [0.717, 1.165) is 0 Å². The standard InChI is InChI=1S/C28H27BClF2N3O5/c1-15(2)25(36)28(39)33-13-16-3-9-22(30)20(11-16)26(37)35-19-8-10-23(40-14-24(31)32)21(12-19)27(38)34-18-6-4-17(29)5-7-18/h3-12,15,24-25,36H,13-14H2,1-2H3,(H,33,39)(H,34,38)(H,35,37). The maximum Gasteiger partial charge on any atom is 0.272 e. The number of carbonyl (C=O) groups is 3. The molecule has 3 aromatic carbocycles. The van der Waals surface area contributed by atoms with Gasteiger partial charge in [0, 0.05) is 17.9 Å². The highest BCUT2D eigenvalue weighted by atomic mass is 35.5. The van der Waals surface area contributed by atoms with Crippen LogP contribution in [0.5, 0.6) is 5.75 Å². The molecule has 8 nitrogen and oxygen atoms in total. The number of benzene rings is 3. The number of ether oxygens (including phenoxy) is 1. The third-order valence-electron chi connectivity index (χ3n) is 5.66. The lowest BCUT2D eigenvalue weighted by Crippen LogP contribution is -2.37. The lowest BCUT2D eigenvalue weighted by Gasteiger charge is -2.15. The highest BCUT2D eigenvalue weighted by molar-refractivity contribution is 6.34. The maximum atomic E-state index is 13.1. The molecule has 4 N–H and O–H groups in total. The normalized spacial score (nSPS) is 11.7. The van der Waals surface area contributed by atoms with Gasteiger partial charge in [-0.2, -0.15) is 0 Å². The van der Waals surface area contributed by atoms with Gasteiger partial charge in [-0.1, -0.05) is 49.1 Å². The van der Waals surface area contributed by atoms with Crippen molar-refractivity contribution >= 4 is 54.0 Å². The summed E-state index contributed by atoms with van der Waals surface area (Å²) in [5.41, 5.74) is 1.61. The van der Waals surface area contributed by atoms with Crippen molar-refractivity contribution in [1.29, 1.82) is 0 Å². The summed E-state index contributed by atoms with van der Waals surface area (Å²) >= 11 is 6.24.